The second-order valence-electron chi connectivity index (χ2n) is 6.73. The summed E-state index contributed by atoms with van der Waals surface area (Å²) >= 11 is 0. The molecule has 0 unspecified atom stereocenters. The molecule has 0 bridgehead atoms. The topological polar surface area (TPSA) is 50.2 Å². The number of aryl methyl sites for hydroxylation is 1. The molecule has 0 aromatic carbocycles. The minimum atomic E-state index is -0.0238. The molecule has 5 heteroatoms. The van der Waals surface area contributed by atoms with E-state index in [-0.39, 0.29) is 17.5 Å². The Kier molecular flexibility index (Phi) is 4.48. The molecular weight excluding hydrogens is 252 g/mol. The van der Waals surface area contributed by atoms with Gasteiger partial charge >= 0.3 is 0 Å². The standard InChI is InChI=1S/C15H26N4O/c1-12-8-17-18(10-12)11-13-6-5-7-19(13)14(20)9-16-15(2,3)4/h8,10,13,16H,5-7,9,11H2,1-4H3/t13-/m0/s1. The van der Waals surface area contributed by atoms with Crippen molar-refractivity contribution in [1.82, 2.24) is 20.0 Å². The van der Waals surface area contributed by atoms with Crippen LogP contribution in [0.1, 0.15) is 39.2 Å². The number of nitrogens with one attached hydrogen (secondary N) is 1. The van der Waals surface area contributed by atoms with Crippen molar-refractivity contribution in [2.24, 2.45) is 0 Å². The van der Waals surface area contributed by atoms with Crippen molar-refractivity contribution in [3.63, 3.8) is 0 Å². The fourth-order valence-corrected chi connectivity index (χ4v) is 2.58. The van der Waals surface area contributed by atoms with E-state index in [2.05, 4.69) is 31.2 Å². The van der Waals surface area contributed by atoms with Gasteiger partial charge in [0.05, 0.1) is 25.3 Å². The molecule has 2 heterocycles. The molecule has 20 heavy (non-hydrogen) atoms. The first-order valence-corrected chi connectivity index (χ1v) is 7.39. The Labute approximate surface area is 121 Å². The summed E-state index contributed by atoms with van der Waals surface area (Å²) in [4.78, 5) is 14.3. The summed E-state index contributed by atoms with van der Waals surface area (Å²) in [7, 11) is 0. The third-order valence-electron chi connectivity index (χ3n) is 3.63. The van der Waals surface area contributed by atoms with Gasteiger partial charge in [0.1, 0.15) is 0 Å². The molecule has 1 fully saturated rings. The van der Waals surface area contributed by atoms with Gasteiger partial charge in [0.25, 0.3) is 0 Å². The van der Waals surface area contributed by atoms with E-state index in [4.69, 9.17) is 0 Å². The molecule has 0 aliphatic carbocycles. The third-order valence-corrected chi connectivity index (χ3v) is 3.63. The van der Waals surface area contributed by atoms with E-state index < -0.39 is 0 Å². The predicted molar refractivity (Wildman–Crippen MR) is 79.5 cm³/mol. The van der Waals surface area contributed by atoms with E-state index in [1.807, 2.05) is 28.9 Å². The van der Waals surface area contributed by atoms with Crippen LogP contribution >= 0.6 is 0 Å². The summed E-state index contributed by atoms with van der Waals surface area (Å²) in [5, 5.41) is 7.59. The first-order chi connectivity index (χ1) is 9.35. The Morgan fingerprint density at radius 2 is 2.25 bits per heavy atom. The first kappa shape index (κ1) is 15.0. The summed E-state index contributed by atoms with van der Waals surface area (Å²) < 4.78 is 1.95. The van der Waals surface area contributed by atoms with Crippen LogP contribution in [0.25, 0.3) is 0 Å². The first-order valence-electron chi connectivity index (χ1n) is 7.39. The maximum Gasteiger partial charge on any atom is 0.236 e. The maximum absolute atomic E-state index is 12.3. The van der Waals surface area contributed by atoms with Crippen LogP contribution in [0.3, 0.4) is 0 Å². The highest BCUT2D eigenvalue weighted by atomic mass is 16.2. The summed E-state index contributed by atoms with van der Waals surface area (Å²) in [6.45, 7) is 10.4. The number of aromatic nitrogens is 2. The number of carbonyl (C=O) groups excluding carboxylic acids is 1. The molecule has 1 aromatic rings. The summed E-state index contributed by atoms with van der Waals surface area (Å²) in [5.74, 6) is 0.200. The number of hydrogen-bond donors (Lipinski definition) is 1. The molecule has 1 N–H and O–H groups in total. The van der Waals surface area contributed by atoms with Gasteiger partial charge in [0.15, 0.2) is 0 Å². The fraction of sp³-hybridized carbons (Fsp3) is 0.733. The molecule has 1 aliphatic heterocycles. The molecule has 1 aliphatic rings. The number of nitrogens with zero attached hydrogens (tertiary/aromatic N) is 3. The largest absolute Gasteiger partial charge is 0.337 e. The van der Waals surface area contributed by atoms with Gasteiger partial charge in [-0.25, -0.2) is 0 Å². The Hall–Kier alpha value is -1.36. The van der Waals surface area contributed by atoms with E-state index in [9.17, 15) is 4.79 Å². The van der Waals surface area contributed by atoms with Crippen LogP contribution < -0.4 is 5.32 Å². The van der Waals surface area contributed by atoms with Crippen molar-refractivity contribution in [2.45, 2.75) is 58.7 Å². The lowest BCUT2D eigenvalue weighted by atomic mass is 10.1. The summed E-state index contributed by atoms with van der Waals surface area (Å²) in [6, 6.07) is 0.281. The average Bonchev–Trinajstić information content (AvgIpc) is 2.95. The van der Waals surface area contributed by atoms with Gasteiger partial charge < -0.3 is 10.2 Å². The lowest BCUT2D eigenvalue weighted by Gasteiger charge is -2.27. The molecule has 0 saturated carbocycles. The monoisotopic (exact) mass is 278 g/mol. The number of rotatable bonds is 4. The van der Waals surface area contributed by atoms with E-state index in [1.165, 1.54) is 0 Å². The molecule has 112 valence electrons. The second kappa shape index (κ2) is 5.95. The molecule has 1 amide bonds. The van der Waals surface area contributed by atoms with Crippen LogP contribution in [0.2, 0.25) is 0 Å². The van der Waals surface area contributed by atoms with E-state index in [1.54, 1.807) is 0 Å². The highest BCUT2D eigenvalue weighted by Gasteiger charge is 2.29. The average molecular weight is 278 g/mol. The zero-order valence-corrected chi connectivity index (χ0v) is 13.0. The molecule has 5 nitrogen and oxygen atoms in total. The van der Waals surface area contributed by atoms with Gasteiger partial charge in [0.2, 0.25) is 5.91 Å². The zero-order valence-electron chi connectivity index (χ0n) is 13.0. The van der Waals surface area contributed by atoms with Crippen LogP contribution in [0.4, 0.5) is 0 Å². The van der Waals surface area contributed by atoms with Crippen LogP contribution in [0.15, 0.2) is 12.4 Å². The normalized spacial score (nSPS) is 19.6. The van der Waals surface area contributed by atoms with Gasteiger partial charge in [-0.1, -0.05) is 0 Å². The molecule has 0 radical (unpaired) electrons. The van der Waals surface area contributed by atoms with Crippen LogP contribution in [-0.2, 0) is 11.3 Å². The number of hydrogen-bond acceptors (Lipinski definition) is 3. The quantitative estimate of drug-likeness (QED) is 0.909. The van der Waals surface area contributed by atoms with Crippen LogP contribution in [-0.4, -0.2) is 45.3 Å². The number of carbonyl (C=O) groups is 1. The van der Waals surface area contributed by atoms with Crippen molar-refractivity contribution in [3.05, 3.63) is 18.0 Å². The number of amides is 1. The Balaban J connectivity index is 1.91. The lowest BCUT2D eigenvalue weighted by molar-refractivity contribution is -0.131. The summed E-state index contributed by atoms with van der Waals surface area (Å²) in [5.41, 5.74) is 1.14. The Bertz CT molecular complexity index is 461. The number of likely N-dealkylation sites (tertiary alicyclic amines) is 1. The van der Waals surface area contributed by atoms with Crippen molar-refractivity contribution in [3.8, 4) is 0 Å². The van der Waals surface area contributed by atoms with Crippen LogP contribution in [0.5, 0.6) is 0 Å². The Morgan fingerprint density at radius 1 is 1.50 bits per heavy atom. The molecule has 2 rings (SSSR count). The SMILES string of the molecule is Cc1cnn(C[C@@H]2CCCN2C(=O)CNC(C)(C)C)c1. The summed E-state index contributed by atoms with van der Waals surface area (Å²) in [6.07, 6.45) is 6.06. The minimum absolute atomic E-state index is 0.0238. The minimum Gasteiger partial charge on any atom is -0.337 e. The van der Waals surface area contributed by atoms with Gasteiger partial charge in [-0.15, -0.1) is 0 Å². The van der Waals surface area contributed by atoms with E-state index >= 15 is 0 Å². The van der Waals surface area contributed by atoms with Crippen molar-refractivity contribution in [1.29, 1.82) is 0 Å². The Morgan fingerprint density at radius 3 is 2.85 bits per heavy atom. The second-order valence-corrected chi connectivity index (χ2v) is 6.73. The van der Waals surface area contributed by atoms with Gasteiger partial charge in [-0.2, -0.15) is 5.10 Å². The van der Waals surface area contributed by atoms with Gasteiger partial charge in [0, 0.05) is 18.3 Å². The van der Waals surface area contributed by atoms with E-state index in [0.717, 1.165) is 31.5 Å². The van der Waals surface area contributed by atoms with E-state index in [0.29, 0.717) is 6.54 Å². The fourth-order valence-electron chi connectivity index (χ4n) is 2.58. The highest BCUT2D eigenvalue weighted by molar-refractivity contribution is 5.79. The molecule has 1 aromatic heterocycles. The smallest absolute Gasteiger partial charge is 0.236 e. The highest BCUT2D eigenvalue weighted by Crippen LogP contribution is 2.19. The third kappa shape index (κ3) is 4.07. The zero-order chi connectivity index (χ0) is 14.8. The molecule has 0 spiro atoms. The van der Waals surface area contributed by atoms with Crippen LogP contribution in [0, 0.1) is 6.92 Å². The molecular formula is C15H26N4O. The molecule has 1 atom stereocenters. The lowest BCUT2D eigenvalue weighted by Crippen LogP contribution is -2.47. The maximum atomic E-state index is 12.3. The van der Waals surface area contributed by atoms with Crippen molar-refractivity contribution < 1.29 is 4.79 Å². The van der Waals surface area contributed by atoms with Crippen molar-refractivity contribution >= 4 is 5.91 Å². The van der Waals surface area contributed by atoms with Gasteiger partial charge in [-0.3, -0.25) is 9.48 Å². The van der Waals surface area contributed by atoms with Crippen molar-refractivity contribution in [2.75, 3.05) is 13.1 Å². The molecule has 1 saturated heterocycles. The van der Waals surface area contributed by atoms with Gasteiger partial charge in [-0.05, 0) is 46.1 Å². The predicted octanol–water partition coefficient (Wildman–Crippen LogP) is 1.57.